The molecule has 0 saturated heterocycles. The van der Waals surface area contributed by atoms with Crippen molar-refractivity contribution in [1.82, 2.24) is 0 Å². The summed E-state index contributed by atoms with van der Waals surface area (Å²) in [7, 11) is 5.92. The van der Waals surface area contributed by atoms with Crippen molar-refractivity contribution in [3.05, 3.63) is 85.1 Å². The molecule has 0 radical (unpaired) electrons. The molecule has 0 aromatic carbocycles. The molecule has 0 aliphatic heterocycles. The zero-order chi connectivity index (χ0) is 59.1. The van der Waals surface area contributed by atoms with Crippen molar-refractivity contribution in [2.75, 3.05) is 47.5 Å². The van der Waals surface area contributed by atoms with Crippen LogP contribution in [0, 0.1) is 0 Å². The smallest absolute Gasteiger partial charge is 0.306 e. The molecule has 0 aliphatic carbocycles. The summed E-state index contributed by atoms with van der Waals surface area (Å²) in [4.78, 5) is 37.4. The molecule has 0 fully saturated rings. The van der Waals surface area contributed by atoms with Crippen molar-refractivity contribution >= 4 is 17.9 Å². The summed E-state index contributed by atoms with van der Waals surface area (Å²) in [5.74, 6) is -2.30. The number of esters is 2. The first-order chi connectivity index (χ1) is 39.6. The zero-order valence-corrected chi connectivity index (χ0v) is 53.4. The first-order valence-electron chi connectivity index (χ1n) is 33.7. The van der Waals surface area contributed by atoms with Gasteiger partial charge in [-0.25, -0.2) is 0 Å². The number of carbonyl (C=O) groups excluding carboxylic acids is 3. The Morgan fingerprint density at radius 1 is 0.383 bits per heavy atom. The molecular formula is C72H127NO8. The van der Waals surface area contributed by atoms with Crippen molar-refractivity contribution in [2.24, 2.45) is 0 Å². The van der Waals surface area contributed by atoms with Gasteiger partial charge in [-0.2, -0.15) is 0 Å². The zero-order valence-electron chi connectivity index (χ0n) is 53.4. The van der Waals surface area contributed by atoms with E-state index in [1.54, 1.807) is 0 Å². The molecule has 468 valence electrons. The highest BCUT2D eigenvalue weighted by molar-refractivity contribution is 5.70. The minimum absolute atomic E-state index is 0.141. The summed E-state index contributed by atoms with van der Waals surface area (Å²) in [5, 5.41) is 11.8. The van der Waals surface area contributed by atoms with Crippen LogP contribution in [0.3, 0.4) is 0 Å². The van der Waals surface area contributed by atoms with Crippen LogP contribution in [0.25, 0.3) is 0 Å². The number of nitrogens with zero attached hydrogens (tertiary/aromatic N) is 1. The van der Waals surface area contributed by atoms with E-state index in [2.05, 4.69) is 98.9 Å². The topological polar surface area (TPSA) is 111 Å². The number of allylic oxidation sites excluding steroid dienone is 14. The molecule has 0 heterocycles. The average Bonchev–Trinajstić information content (AvgIpc) is 3.44. The van der Waals surface area contributed by atoms with Crippen LogP contribution in [-0.4, -0.2) is 82.3 Å². The van der Waals surface area contributed by atoms with Crippen molar-refractivity contribution in [2.45, 2.75) is 309 Å². The Morgan fingerprint density at radius 3 is 1.05 bits per heavy atom. The van der Waals surface area contributed by atoms with Gasteiger partial charge in [0.1, 0.15) is 13.2 Å². The molecule has 0 spiro atoms. The van der Waals surface area contributed by atoms with Gasteiger partial charge in [0.2, 0.25) is 0 Å². The number of ether oxygens (including phenoxy) is 4. The van der Waals surface area contributed by atoms with Crippen LogP contribution in [0.15, 0.2) is 85.1 Å². The second-order valence-corrected chi connectivity index (χ2v) is 23.7. The summed E-state index contributed by atoms with van der Waals surface area (Å²) in [6, 6.07) is 0. The molecule has 9 nitrogen and oxygen atoms in total. The van der Waals surface area contributed by atoms with Gasteiger partial charge in [-0.05, 0) is 89.9 Å². The number of hydrogen-bond acceptors (Lipinski definition) is 8. The maximum absolute atomic E-state index is 12.9. The summed E-state index contributed by atoms with van der Waals surface area (Å²) in [5.41, 5.74) is 0. The number of carboxylic acids is 1. The number of aliphatic carboxylic acids is 1. The van der Waals surface area contributed by atoms with E-state index < -0.39 is 24.3 Å². The first-order valence-corrected chi connectivity index (χ1v) is 33.7. The fourth-order valence-corrected chi connectivity index (χ4v) is 9.48. The quantitative estimate of drug-likeness (QED) is 0.0195. The fraction of sp³-hybridized carbons (Fsp3) is 0.764. The van der Waals surface area contributed by atoms with E-state index in [1.165, 1.54) is 173 Å². The van der Waals surface area contributed by atoms with Gasteiger partial charge in [-0.15, -0.1) is 0 Å². The van der Waals surface area contributed by atoms with Crippen LogP contribution in [0.5, 0.6) is 0 Å². The van der Waals surface area contributed by atoms with E-state index in [-0.39, 0.29) is 38.6 Å². The van der Waals surface area contributed by atoms with Gasteiger partial charge in [-0.1, -0.05) is 279 Å². The lowest BCUT2D eigenvalue weighted by molar-refractivity contribution is -0.870. The fourth-order valence-electron chi connectivity index (χ4n) is 9.48. The number of quaternary nitrogens is 1. The summed E-state index contributed by atoms with van der Waals surface area (Å²) >= 11 is 0. The van der Waals surface area contributed by atoms with Gasteiger partial charge in [0.25, 0.3) is 0 Å². The molecule has 2 atom stereocenters. The number of carboxylic acid groups (broad SMARTS) is 1. The molecule has 0 N–H and O–H groups in total. The largest absolute Gasteiger partial charge is 0.545 e. The van der Waals surface area contributed by atoms with Gasteiger partial charge >= 0.3 is 11.9 Å². The number of hydrogen-bond donors (Lipinski definition) is 0. The molecular weight excluding hydrogens is 1010 g/mol. The lowest BCUT2D eigenvalue weighted by Crippen LogP contribution is -2.44. The Bertz CT molecular complexity index is 1600. The third-order valence-electron chi connectivity index (χ3n) is 14.6. The number of rotatable bonds is 62. The van der Waals surface area contributed by atoms with Gasteiger partial charge in [0, 0.05) is 12.8 Å². The van der Waals surface area contributed by atoms with Gasteiger partial charge in [-0.3, -0.25) is 9.59 Å². The lowest BCUT2D eigenvalue weighted by Gasteiger charge is -2.26. The van der Waals surface area contributed by atoms with Crippen LogP contribution < -0.4 is 5.11 Å². The van der Waals surface area contributed by atoms with E-state index in [9.17, 15) is 19.5 Å². The predicted octanol–water partition coefficient (Wildman–Crippen LogP) is 19.4. The third-order valence-corrected chi connectivity index (χ3v) is 14.6. The molecule has 0 bridgehead atoms. The minimum atomic E-state index is -1.63. The summed E-state index contributed by atoms with van der Waals surface area (Å²) in [6.07, 6.45) is 81.0. The summed E-state index contributed by atoms with van der Waals surface area (Å²) < 4.78 is 22.7. The van der Waals surface area contributed by atoms with E-state index in [4.69, 9.17) is 18.9 Å². The molecule has 2 unspecified atom stereocenters. The molecule has 0 saturated carbocycles. The predicted molar refractivity (Wildman–Crippen MR) is 343 cm³/mol. The Balaban J connectivity index is 4.07. The minimum Gasteiger partial charge on any atom is -0.545 e. The van der Waals surface area contributed by atoms with Crippen molar-refractivity contribution in [3.8, 4) is 0 Å². The maximum atomic E-state index is 12.9. The molecule has 0 aliphatic rings. The second-order valence-electron chi connectivity index (χ2n) is 23.7. The second kappa shape index (κ2) is 62.5. The summed E-state index contributed by atoms with van der Waals surface area (Å²) in [6.45, 7) is 4.62. The number of unbranched alkanes of at least 4 members (excludes halogenated alkanes) is 33. The Labute approximate surface area is 500 Å². The van der Waals surface area contributed by atoms with E-state index in [0.717, 1.165) is 89.9 Å². The highest BCUT2D eigenvalue weighted by Gasteiger charge is 2.22. The van der Waals surface area contributed by atoms with Crippen molar-refractivity contribution < 1.29 is 42.9 Å². The van der Waals surface area contributed by atoms with Gasteiger partial charge in [0.15, 0.2) is 12.4 Å². The standard InChI is InChI=1S/C72H127NO8/c1-6-8-10-12-14-16-18-20-22-24-26-28-29-30-31-32-33-34-35-36-37-38-39-40-41-43-44-46-48-50-52-54-56-58-60-62-69(74)79-66-68(67-80-72(71(76)77)78-65-64-73(3,4)5)81-70(75)63-61-59-57-55-53-51-49-47-45-42-27-25-23-21-19-17-15-13-11-9-7-2/h9,11,15,17-18,20-21,23-24,26-27,42,47,49,68,72H,6-8,10,12-14,16,19,22,25,28-41,43-46,48,50-67H2,1-5H3/b11-9-,17-15-,20-18-,23-21-,26-24-,42-27-,49-47-. The molecule has 0 aromatic heterocycles. The SMILES string of the molecule is CC/C=C\C/C=C\C/C=C\C/C=C\C/C=C\CCCCCCCC(=O)OC(COC(=O)CCCCCCCCCCCCCCCCCCCCCCCCC/C=C\C/C=C\CCCCCCC)COC(OCC[N+](C)(C)C)C(=O)[O-]. The molecule has 9 heteroatoms. The highest BCUT2D eigenvalue weighted by Crippen LogP contribution is 2.17. The van der Waals surface area contributed by atoms with Gasteiger partial charge in [0.05, 0.1) is 40.3 Å². The Kier molecular flexibility index (Phi) is 59.8. The number of likely N-dealkylation sites (N-methyl/N-ethyl adjacent to an activating group) is 1. The van der Waals surface area contributed by atoms with Crippen LogP contribution in [0.1, 0.15) is 296 Å². The van der Waals surface area contributed by atoms with Crippen LogP contribution >= 0.6 is 0 Å². The first kappa shape index (κ1) is 77.5. The van der Waals surface area contributed by atoms with Crippen LogP contribution in [-0.2, 0) is 33.3 Å². The molecule has 0 rings (SSSR count). The van der Waals surface area contributed by atoms with Crippen molar-refractivity contribution in [1.29, 1.82) is 0 Å². The monoisotopic (exact) mass is 1130 g/mol. The Morgan fingerprint density at radius 2 is 0.704 bits per heavy atom. The van der Waals surface area contributed by atoms with Crippen molar-refractivity contribution in [3.63, 3.8) is 0 Å². The number of carbonyl (C=O) groups is 3. The third kappa shape index (κ3) is 63.9. The van der Waals surface area contributed by atoms with E-state index >= 15 is 0 Å². The molecule has 0 amide bonds. The molecule has 81 heavy (non-hydrogen) atoms. The van der Waals surface area contributed by atoms with Crippen LogP contribution in [0.2, 0.25) is 0 Å². The highest BCUT2D eigenvalue weighted by atomic mass is 16.7. The van der Waals surface area contributed by atoms with Gasteiger partial charge < -0.3 is 33.3 Å². The molecule has 0 aromatic rings. The maximum Gasteiger partial charge on any atom is 0.306 e. The lowest BCUT2D eigenvalue weighted by atomic mass is 10.0. The average molecular weight is 1130 g/mol. The van der Waals surface area contributed by atoms with Crippen LogP contribution in [0.4, 0.5) is 0 Å². The normalized spacial score (nSPS) is 13.2. The van der Waals surface area contributed by atoms with E-state index in [1.807, 2.05) is 21.1 Å². The Hall–Kier alpha value is -3.53. The van der Waals surface area contributed by atoms with E-state index in [0.29, 0.717) is 17.4 Å².